The maximum Gasteiger partial charge on any atom is 0.0952 e. The Morgan fingerprint density at radius 2 is 1.83 bits per heavy atom. The average Bonchev–Trinajstić information content (AvgIpc) is 3.29. The van der Waals surface area contributed by atoms with Crippen LogP contribution in [0.3, 0.4) is 0 Å². The van der Waals surface area contributed by atoms with Gasteiger partial charge >= 0.3 is 0 Å². The average molecular weight is 343 g/mol. The molecule has 0 amide bonds. The Morgan fingerprint density at radius 3 is 2.67 bits per heavy atom. The molecule has 3 nitrogen and oxygen atoms in total. The normalized spacial score (nSPS) is 22.9. The summed E-state index contributed by atoms with van der Waals surface area (Å²) in [7, 11) is 0. The van der Waals surface area contributed by atoms with Gasteiger partial charge in [-0.3, -0.25) is 9.80 Å². The van der Waals surface area contributed by atoms with Crippen LogP contribution < -0.4 is 0 Å². The SMILES string of the molecule is c1ccc([C@H]2CN(Cc3cc(CN4CCCC4)cs3)CCO2)cc1. The molecule has 2 fully saturated rings. The highest BCUT2D eigenvalue weighted by molar-refractivity contribution is 7.10. The third kappa shape index (κ3) is 4.06. The predicted molar refractivity (Wildman–Crippen MR) is 99.2 cm³/mol. The summed E-state index contributed by atoms with van der Waals surface area (Å²) in [6.45, 7) is 7.57. The van der Waals surface area contributed by atoms with Gasteiger partial charge in [0.15, 0.2) is 0 Å². The van der Waals surface area contributed by atoms with Gasteiger partial charge in [0.2, 0.25) is 0 Å². The Labute approximate surface area is 148 Å². The molecule has 2 aliphatic heterocycles. The minimum atomic E-state index is 0.212. The van der Waals surface area contributed by atoms with E-state index in [0.29, 0.717) is 0 Å². The van der Waals surface area contributed by atoms with Gasteiger partial charge in [0.1, 0.15) is 0 Å². The molecule has 2 aliphatic rings. The number of morpholine rings is 1. The van der Waals surface area contributed by atoms with E-state index in [9.17, 15) is 0 Å². The maximum absolute atomic E-state index is 5.98. The van der Waals surface area contributed by atoms with Gasteiger partial charge in [-0.05, 0) is 48.5 Å². The van der Waals surface area contributed by atoms with Crippen LogP contribution in [0.25, 0.3) is 0 Å². The summed E-state index contributed by atoms with van der Waals surface area (Å²) in [5, 5.41) is 2.35. The number of rotatable bonds is 5. The van der Waals surface area contributed by atoms with Gasteiger partial charge in [-0.15, -0.1) is 11.3 Å². The van der Waals surface area contributed by atoms with E-state index in [1.807, 2.05) is 11.3 Å². The van der Waals surface area contributed by atoms with Crippen molar-refractivity contribution in [3.63, 3.8) is 0 Å². The van der Waals surface area contributed by atoms with E-state index in [0.717, 1.165) is 32.8 Å². The van der Waals surface area contributed by atoms with E-state index in [1.54, 1.807) is 0 Å². The lowest BCUT2D eigenvalue weighted by molar-refractivity contribution is -0.0326. The first kappa shape index (κ1) is 16.3. The van der Waals surface area contributed by atoms with Crippen molar-refractivity contribution in [2.75, 3.05) is 32.8 Å². The quantitative estimate of drug-likeness (QED) is 0.819. The predicted octanol–water partition coefficient (Wildman–Crippen LogP) is 3.92. The second-order valence-corrected chi connectivity index (χ2v) is 7.91. The highest BCUT2D eigenvalue weighted by Crippen LogP contribution is 2.25. The number of hydrogen-bond acceptors (Lipinski definition) is 4. The fraction of sp³-hybridized carbons (Fsp3) is 0.500. The van der Waals surface area contributed by atoms with Crippen molar-refractivity contribution in [2.45, 2.75) is 32.0 Å². The van der Waals surface area contributed by atoms with Gasteiger partial charge in [-0.25, -0.2) is 0 Å². The number of benzene rings is 1. The zero-order valence-corrected chi connectivity index (χ0v) is 15.0. The molecule has 0 radical (unpaired) electrons. The molecule has 0 unspecified atom stereocenters. The molecular weight excluding hydrogens is 316 g/mol. The first-order chi connectivity index (χ1) is 11.9. The van der Waals surface area contributed by atoms with Crippen molar-refractivity contribution in [2.24, 2.45) is 0 Å². The lowest BCUT2D eigenvalue weighted by Gasteiger charge is -2.32. The van der Waals surface area contributed by atoms with Gasteiger partial charge in [0.05, 0.1) is 12.7 Å². The third-order valence-electron chi connectivity index (χ3n) is 5.01. The van der Waals surface area contributed by atoms with Gasteiger partial charge in [0.25, 0.3) is 0 Å². The second-order valence-electron chi connectivity index (χ2n) is 6.91. The summed E-state index contributed by atoms with van der Waals surface area (Å²) in [6, 6.07) is 13.0. The van der Waals surface area contributed by atoms with E-state index in [-0.39, 0.29) is 6.10 Å². The Morgan fingerprint density at radius 1 is 1.00 bits per heavy atom. The Bertz CT molecular complexity index is 636. The van der Waals surface area contributed by atoms with Gasteiger partial charge in [0, 0.05) is 31.1 Å². The Kier molecular flexibility index (Phi) is 5.28. The first-order valence-electron chi connectivity index (χ1n) is 9.04. The van der Waals surface area contributed by atoms with Crippen LogP contribution in [0, 0.1) is 0 Å². The molecule has 0 aliphatic carbocycles. The highest BCUT2D eigenvalue weighted by Gasteiger charge is 2.22. The third-order valence-corrected chi connectivity index (χ3v) is 5.98. The molecule has 3 heterocycles. The molecule has 0 bridgehead atoms. The molecule has 0 spiro atoms. The maximum atomic E-state index is 5.98. The van der Waals surface area contributed by atoms with E-state index in [4.69, 9.17) is 4.74 Å². The van der Waals surface area contributed by atoms with Crippen LogP contribution in [0.2, 0.25) is 0 Å². The molecule has 1 atom stereocenters. The molecular formula is C20H26N2OS. The lowest BCUT2D eigenvalue weighted by Crippen LogP contribution is -2.37. The molecule has 1 aromatic carbocycles. The molecule has 4 rings (SSSR count). The second kappa shape index (κ2) is 7.79. The van der Waals surface area contributed by atoms with Crippen molar-refractivity contribution in [3.8, 4) is 0 Å². The largest absolute Gasteiger partial charge is 0.371 e. The highest BCUT2D eigenvalue weighted by atomic mass is 32.1. The van der Waals surface area contributed by atoms with Crippen LogP contribution in [0.4, 0.5) is 0 Å². The summed E-state index contributed by atoms with van der Waals surface area (Å²) < 4.78 is 5.98. The van der Waals surface area contributed by atoms with Crippen LogP contribution in [-0.4, -0.2) is 42.6 Å². The fourth-order valence-electron chi connectivity index (χ4n) is 3.73. The first-order valence-corrected chi connectivity index (χ1v) is 9.92. The Hall–Kier alpha value is -1.20. The standard InChI is InChI=1S/C20H26N2OS/c1-2-6-18(7-3-1)20-15-22(10-11-23-20)14-19-12-17(16-24-19)13-21-8-4-5-9-21/h1-3,6-7,12,16,20H,4-5,8-11,13-15H2/t20-/m1/s1. The minimum Gasteiger partial charge on any atom is -0.371 e. The number of likely N-dealkylation sites (tertiary alicyclic amines) is 1. The molecule has 0 saturated carbocycles. The topological polar surface area (TPSA) is 15.7 Å². The van der Waals surface area contributed by atoms with Crippen molar-refractivity contribution < 1.29 is 4.74 Å². The van der Waals surface area contributed by atoms with Crippen LogP contribution in [-0.2, 0) is 17.8 Å². The molecule has 128 valence electrons. The zero-order chi connectivity index (χ0) is 16.2. The van der Waals surface area contributed by atoms with Crippen molar-refractivity contribution >= 4 is 11.3 Å². The van der Waals surface area contributed by atoms with E-state index >= 15 is 0 Å². The van der Waals surface area contributed by atoms with Crippen LogP contribution in [0.15, 0.2) is 41.8 Å². The monoisotopic (exact) mass is 342 g/mol. The van der Waals surface area contributed by atoms with E-state index < -0.39 is 0 Å². The van der Waals surface area contributed by atoms with Crippen molar-refractivity contribution in [1.29, 1.82) is 0 Å². The number of nitrogens with zero attached hydrogens (tertiary/aromatic N) is 2. The molecule has 0 N–H and O–H groups in total. The fourth-order valence-corrected chi connectivity index (χ4v) is 4.65. The molecule has 4 heteroatoms. The summed E-state index contributed by atoms with van der Waals surface area (Å²) in [5.74, 6) is 0. The summed E-state index contributed by atoms with van der Waals surface area (Å²) >= 11 is 1.91. The summed E-state index contributed by atoms with van der Waals surface area (Å²) in [4.78, 5) is 6.59. The van der Waals surface area contributed by atoms with Gasteiger partial charge in [-0.1, -0.05) is 30.3 Å². The molecule has 24 heavy (non-hydrogen) atoms. The van der Waals surface area contributed by atoms with Crippen molar-refractivity contribution in [1.82, 2.24) is 9.80 Å². The number of ether oxygens (including phenoxy) is 1. The summed E-state index contributed by atoms with van der Waals surface area (Å²) in [6.07, 6.45) is 2.95. The molecule has 1 aromatic heterocycles. The lowest BCUT2D eigenvalue weighted by atomic mass is 10.1. The molecule has 2 saturated heterocycles. The van der Waals surface area contributed by atoms with Crippen LogP contribution >= 0.6 is 11.3 Å². The van der Waals surface area contributed by atoms with Crippen LogP contribution in [0.5, 0.6) is 0 Å². The number of hydrogen-bond donors (Lipinski definition) is 0. The number of thiophene rings is 1. The zero-order valence-electron chi connectivity index (χ0n) is 14.2. The molecule has 2 aromatic rings. The van der Waals surface area contributed by atoms with Gasteiger partial charge < -0.3 is 4.74 Å². The van der Waals surface area contributed by atoms with Crippen LogP contribution in [0.1, 0.15) is 34.9 Å². The Balaban J connectivity index is 1.34. The minimum absolute atomic E-state index is 0.212. The van der Waals surface area contributed by atoms with E-state index in [2.05, 4.69) is 51.6 Å². The smallest absolute Gasteiger partial charge is 0.0952 e. The van der Waals surface area contributed by atoms with Crippen molar-refractivity contribution in [3.05, 3.63) is 57.8 Å². The van der Waals surface area contributed by atoms with Gasteiger partial charge in [-0.2, -0.15) is 0 Å². The summed E-state index contributed by atoms with van der Waals surface area (Å²) in [5.41, 5.74) is 2.79. The van der Waals surface area contributed by atoms with E-state index in [1.165, 1.54) is 41.9 Å².